The lowest BCUT2D eigenvalue weighted by Gasteiger charge is -2.18. The van der Waals surface area contributed by atoms with Gasteiger partial charge >= 0.3 is 0 Å². The molecular formula is C20H21ClF2N2O. The van der Waals surface area contributed by atoms with Crippen LogP contribution in [-0.2, 0) is 4.74 Å². The Morgan fingerprint density at radius 2 is 2.12 bits per heavy atom. The zero-order valence-corrected chi connectivity index (χ0v) is 15.1. The van der Waals surface area contributed by atoms with Gasteiger partial charge in [0.1, 0.15) is 18.3 Å². The first-order valence-corrected chi connectivity index (χ1v) is 8.81. The molecule has 0 radical (unpaired) electrons. The van der Waals surface area contributed by atoms with Crippen molar-refractivity contribution < 1.29 is 13.5 Å². The summed E-state index contributed by atoms with van der Waals surface area (Å²) >= 11 is 5.72. The van der Waals surface area contributed by atoms with E-state index in [1.165, 1.54) is 12.1 Å². The number of hydrogen-bond donors (Lipinski definition) is 1. The van der Waals surface area contributed by atoms with Crippen LogP contribution in [0.5, 0.6) is 0 Å². The van der Waals surface area contributed by atoms with E-state index in [4.69, 9.17) is 27.3 Å². The van der Waals surface area contributed by atoms with Crippen molar-refractivity contribution in [3.8, 4) is 6.07 Å². The Balaban J connectivity index is 1.92. The van der Waals surface area contributed by atoms with Crippen LogP contribution in [0.25, 0.3) is 5.70 Å². The second-order valence-corrected chi connectivity index (χ2v) is 6.55. The van der Waals surface area contributed by atoms with Crippen molar-refractivity contribution in [1.29, 1.82) is 5.26 Å². The molecule has 1 aromatic rings. The first kappa shape index (κ1) is 20.2. The molecule has 2 N–H and O–H groups in total. The molecule has 1 unspecified atom stereocenters. The number of nitrogens with two attached hydrogens (primary N) is 1. The standard InChI is InChI=1S/C20H21ClF2N2O/c21-18-9-4-14(12-19(18)23)2-1-3-17(26-11-10-24)13-20(25)15-5-7-16(22)8-6-15/h4-9,13-14,17H,1-3,11-12,25H2/b20-13-/t14?,17-/m1/s1. The van der Waals surface area contributed by atoms with Crippen LogP contribution < -0.4 is 5.73 Å². The van der Waals surface area contributed by atoms with E-state index in [1.807, 2.05) is 12.1 Å². The maximum Gasteiger partial charge on any atom is 0.134 e. The summed E-state index contributed by atoms with van der Waals surface area (Å²) in [6.07, 6.45) is 7.43. The number of benzene rings is 1. The summed E-state index contributed by atoms with van der Waals surface area (Å²) in [5.74, 6) is -0.509. The minimum absolute atomic E-state index is 0.0475. The summed E-state index contributed by atoms with van der Waals surface area (Å²) in [5.41, 5.74) is 7.21. The molecule has 1 aliphatic carbocycles. The van der Waals surface area contributed by atoms with Crippen molar-refractivity contribution in [3.05, 3.63) is 64.7 Å². The Labute approximate surface area is 157 Å². The SMILES string of the molecule is N#CCO[C@@H](/C=C(\N)c1ccc(F)cc1)CCCC1C=CC(Cl)=C(F)C1. The van der Waals surface area contributed by atoms with Gasteiger partial charge in [0.25, 0.3) is 0 Å². The van der Waals surface area contributed by atoms with Crippen LogP contribution >= 0.6 is 11.6 Å². The van der Waals surface area contributed by atoms with Crippen molar-refractivity contribution in [2.45, 2.75) is 31.8 Å². The number of allylic oxidation sites excluding steroid dienone is 4. The number of nitriles is 1. The lowest BCUT2D eigenvalue weighted by atomic mass is 9.93. The van der Waals surface area contributed by atoms with E-state index >= 15 is 0 Å². The predicted octanol–water partition coefficient (Wildman–Crippen LogP) is 5.20. The molecule has 3 nitrogen and oxygen atoms in total. The van der Waals surface area contributed by atoms with Crippen LogP contribution in [0, 0.1) is 23.1 Å². The maximum absolute atomic E-state index is 13.6. The molecule has 0 saturated carbocycles. The third-order valence-electron chi connectivity index (χ3n) is 4.18. The fourth-order valence-electron chi connectivity index (χ4n) is 2.78. The summed E-state index contributed by atoms with van der Waals surface area (Å²) in [6, 6.07) is 7.80. The monoisotopic (exact) mass is 378 g/mol. The first-order chi connectivity index (χ1) is 12.5. The topological polar surface area (TPSA) is 59.0 Å². The van der Waals surface area contributed by atoms with Gasteiger partial charge in [0.15, 0.2) is 0 Å². The third-order valence-corrected chi connectivity index (χ3v) is 4.51. The van der Waals surface area contributed by atoms with Crippen LogP contribution in [-0.4, -0.2) is 12.7 Å². The van der Waals surface area contributed by atoms with E-state index in [1.54, 1.807) is 24.3 Å². The molecule has 1 aliphatic rings. The zero-order chi connectivity index (χ0) is 18.9. The van der Waals surface area contributed by atoms with Crippen molar-refractivity contribution in [2.24, 2.45) is 11.7 Å². The zero-order valence-electron chi connectivity index (χ0n) is 14.3. The van der Waals surface area contributed by atoms with E-state index in [0.717, 1.165) is 12.8 Å². The van der Waals surface area contributed by atoms with E-state index in [2.05, 4.69) is 0 Å². The second kappa shape index (κ2) is 10.1. The Morgan fingerprint density at radius 3 is 2.77 bits per heavy atom. The van der Waals surface area contributed by atoms with Gasteiger partial charge < -0.3 is 10.5 Å². The first-order valence-electron chi connectivity index (χ1n) is 8.43. The molecule has 2 atom stereocenters. The van der Waals surface area contributed by atoms with Crippen LogP contribution in [0.3, 0.4) is 0 Å². The molecule has 0 heterocycles. The lowest BCUT2D eigenvalue weighted by molar-refractivity contribution is 0.103. The highest BCUT2D eigenvalue weighted by molar-refractivity contribution is 6.31. The summed E-state index contributed by atoms with van der Waals surface area (Å²) in [5, 5.41) is 8.92. The van der Waals surface area contributed by atoms with Crippen molar-refractivity contribution in [1.82, 2.24) is 0 Å². The smallest absolute Gasteiger partial charge is 0.134 e. The van der Waals surface area contributed by atoms with Crippen molar-refractivity contribution in [2.75, 3.05) is 6.61 Å². The Morgan fingerprint density at radius 1 is 1.38 bits per heavy atom. The van der Waals surface area contributed by atoms with Gasteiger partial charge in [-0.2, -0.15) is 5.26 Å². The highest BCUT2D eigenvalue weighted by Crippen LogP contribution is 2.30. The molecule has 0 aromatic heterocycles. The van der Waals surface area contributed by atoms with Gasteiger partial charge in [0.05, 0.1) is 17.2 Å². The van der Waals surface area contributed by atoms with Gasteiger partial charge in [-0.1, -0.05) is 29.8 Å². The molecule has 0 bridgehead atoms. The number of nitrogens with zero attached hydrogens (tertiary/aromatic N) is 1. The Hall–Kier alpha value is -2.16. The average molecular weight is 379 g/mol. The molecule has 0 aliphatic heterocycles. The maximum atomic E-state index is 13.6. The van der Waals surface area contributed by atoms with E-state index < -0.39 is 0 Å². The molecule has 0 fully saturated rings. The van der Waals surface area contributed by atoms with E-state index in [-0.39, 0.29) is 35.3 Å². The summed E-state index contributed by atoms with van der Waals surface area (Å²) in [4.78, 5) is 0. The van der Waals surface area contributed by atoms with Gasteiger partial charge in [0.2, 0.25) is 0 Å². The molecule has 0 amide bonds. The van der Waals surface area contributed by atoms with Crippen LogP contribution in [0.2, 0.25) is 0 Å². The Bertz CT molecular complexity index is 735. The number of halogens is 3. The fraction of sp³-hybridized carbons (Fsp3) is 0.350. The fourth-order valence-corrected chi connectivity index (χ4v) is 2.93. The molecule has 6 heteroatoms. The molecular weight excluding hydrogens is 358 g/mol. The minimum atomic E-state index is -0.337. The number of ether oxygens (including phenoxy) is 1. The largest absolute Gasteiger partial charge is 0.398 e. The normalized spacial score (nSPS) is 18.7. The van der Waals surface area contributed by atoms with Gasteiger partial charge in [0, 0.05) is 12.1 Å². The molecule has 26 heavy (non-hydrogen) atoms. The summed E-state index contributed by atoms with van der Waals surface area (Å²) in [6.45, 7) is -0.0475. The molecule has 1 aromatic carbocycles. The average Bonchev–Trinajstić information content (AvgIpc) is 2.63. The highest BCUT2D eigenvalue weighted by Gasteiger charge is 2.16. The Kier molecular flexibility index (Phi) is 7.83. The predicted molar refractivity (Wildman–Crippen MR) is 99.0 cm³/mol. The van der Waals surface area contributed by atoms with E-state index in [0.29, 0.717) is 24.1 Å². The minimum Gasteiger partial charge on any atom is -0.398 e. The van der Waals surface area contributed by atoms with Gasteiger partial charge in [-0.25, -0.2) is 8.78 Å². The number of hydrogen-bond acceptors (Lipinski definition) is 3. The van der Waals surface area contributed by atoms with Crippen molar-refractivity contribution >= 4 is 17.3 Å². The summed E-state index contributed by atoms with van der Waals surface area (Å²) < 4.78 is 32.1. The van der Waals surface area contributed by atoms with Gasteiger partial charge in [-0.05, 0) is 55.0 Å². The van der Waals surface area contributed by atoms with Crippen LogP contribution in [0.1, 0.15) is 31.2 Å². The number of rotatable bonds is 8. The molecule has 0 saturated heterocycles. The molecule has 0 spiro atoms. The second-order valence-electron chi connectivity index (χ2n) is 6.14. The van der Waals surface area contributed by atoms with Crippen LogP contribution in [0.4, 0.5) is 8.78 Å². The highest BCUT2D eigenvalue weighted by atomic mass is 35.5. The molecule has 138 valence electrons. The third kappa shape index (κ3) is 6.29. The lowest BCUT2D eigenvalue weighted by Crippen LogP contribution is -2.14. The van der Waals surface area contributed by atoms with E-state index in [9.17, 15) is 8.78 Å². The van der Waals surface area contributed by atoms with Gasteiger partial charge in [-0.3, -0.25) is 0 Å². The van der Waals surface area contributed by atoms with Crippen molar-refractivity contribution in [3.63, 3.8) is 0 Å². The van der Waals surface area contributed by atoms with Crippen LogP contribution in [0.15, 0.2) is 53.4 Å². The quantitative estimate of drug-likeness (QED) is 0.676. The molecule has 2 rings (SSSR count). The van der Waals surface area contributed by atoms with Gasteiger partial charge in [-0.15, -0.1) is 0 Å². The summed E-state index contributed by atoms with van der Waals surface area (Å²) in [7, 11) is 0.